The zero-order valence-corrected chi connectivity index (χ0v) is 14.2. The molecule has 10 heteroatoms. The Morgan fingerprint density at radius 1 is 1.23 bits per heavy atom. The van der Waals surface area contributed by atoms with Gasteiger partial charge in [0.05, 0.1) is 18.7 Å². The van der Waals surface area contributed by atoms with Crippen LogP contribution in [0.25, 0.3) is 11.5 Å². The van der Waals surface area contributed by atoms with E-state index in [0.717, 1.165) is 5.56 Å². The SMILES string of the molecule is O=C(CNC(=O)NCc1noc(-c2ccsc2)n1)Nc1cccc(F)c1. The van der Waals surface area contributed by atoms with Gasteiger partial charge in [-0.2, -0.15) is 16.3 Å². The van der Waals surface area contributed by atoms with Crippen LogP contribution in [-0.4, -0.2) is 28.6 Å². The summed E-state index contributed by atoms with van der Waals surface area (Å²) < 4.78 is 18.1. The molecule has 8 nitrogen and oxygen atoms in total. The molecular formula is C16H14FN5O3S. The van der Waals surface area contributed by atoms with Crippen LogP contribution in [0.15, 0.2) is 45.6 Å². The van der Waals surface area contributed by atoms with Crippen LogP contribution in [0, 0.1) is 5.82 Å². The summed E-state index contributed by atoms with van der Waals surface area (Å²) in [5.74, 6) is -0.260. The number of carbonyl (C=O) groups excluding carboxylic acids is 2. The summed E-state index contributed by atoms with van der Waals surface area (Å²) in [6.45, 7) is -0.222. The Morgan fingerprint density at radius 3 is 2.88 bits per heavy atom. The molecule has 134 valence electrons. The highest BCUT2D eigenvalue weighted by molar-refractivity contribution is 7.08. The van der Waals surface area contributed by atoms with Crippen molar-refractivity contribution in [1.82, 2.24) is 20.8 Å². The Bertz CT molecular complexity index is 897. The fraction of sp³-hybridized carbons (Fsp3) is 0.125. The van der Waals surface area contributed by atoms with Crippen molar-refractivity contribution >= 4 is 29.0 Å². The summed E-state index contributed by atoms with van der Waals surface area (Å²) in [5, 5.41) is 14.9. The second kappa shape index (κ2) is 8.21. The van der Waals surface area contributed by atoms with E-state index >= 15 is 0 Å². The Kier molecular flexibility index (Phi) is 5.54. The summed E-state index contributed by atoms with van der Waals surface area (Å²) in [4.78, 5) is 27.6. The van der Waals surface area contributed by atoms with Crippen molar-refractivity contribution in [3.63, 3.8) is 0 Å². The van der Waals surface area contributed by atoms with E-state index in [9.17, 15) is 14.0 Å². The molecule has 3 N–H and O–H groups in total. The first-order valence-corrected chi connectivity index (χ1v) is 8.47. The number of carbonyl (C=O) groups is 2. The number of thiophene rings is 1. The molecule has 0 spiro atoms. The lowest BCUT2D eigenvalue weighted by atomic mass is 10.3. The van der Waals surface area contributed by atoms with Gasteiger partial charge in [-0.25, -0.2) is 9.18 Å². The lowest BCUT2D eigenvalue weighted by Crippen LogP contribution is -2.39. The van der Waals surface area contributed by atoms with Crippen molar-refractivity contribution in [3.8, 4) is 11.5 Å². The maximum atomic E-state index is 13.0. The lowest BCUT2D eigenvalue weighted by Gasteiger charge is -2.07. The van der Waals surface area contributed by atoms with E-state index in [4.69, 9.17) is 4.52 Å². The highest BCUT2D eigenvalue weighted by Gasteiger charge is 2.11. The van der Waals surface area contributed by atoms with Crippen LogP contribution in [0.1, 0.15) is 5.82 Å². The number of aromatic nitrogens is 2. The van der Waals surface area contributed by atoms with Gasteiger partial charge in [-0.15, -0.1) is 0 Å². The standard InChI is InChI=1S/C16H14FN5O3S/c17-11-2-1-3-12(6-11)20-14(23)8-19-16(24)18-7-13-21-15(25-22-13)10-4-5-26-9-10/h1-6,9H,7-8H2,(H,20,23)(H2,18,19,24). The van der Waals surface area contributed by atoms with Gasteiger partial charge in [-0.1, -0.05) is 11.2 Å². The van der Waals surface area contributed by atoms with E-state index < -0.39 is 17.8 Å². The van der Waals surface area contributed by atoms with Gasteiger partial charge in [0, 0.05) is 11.1 Å². The Balaban J connectivity index is 1.41. The summed E-state index contributed by atoms with van der Waals surface area (Å²) in [7, 11) is 0. The normalized spacial score (nSPS) is 10.3. The molecule has 0 saturated carbocycles. The third-order valence-corrected chi connectivity index (χ3v) is 3.84. The van der Waals surface area contributed by atoms with E-state index in [1.165, 1.54) is 29.5 Å². The fourth-order valence-corrected chi connectivity index (χ4v) is 2.61. The number of nitrogens with zero attached hydrogens (tertiary/aromatic N) is 2. The van der Waals surface area contributed by atoms with Gasteiger partial charge in [0.25, 0.3) is 5.89 Å². The van der Waals surface area contributed by atoms with Gasteiger partial charge in [0.2, 0.25) is 5.91 Å². The molecule has 0 fully saturated rings. The van der Waals surface area contributed by atoms with Crippen LogP contribution in [0.5, 0.6) is 0 Å². The number of anilines is 1. The van der Waals surface area contributed by atoms with Crippen molar-refractivity contribution in [2.45, 2.75) is 6.54 Å². The summed E-state index contributed by atoms with van der Waals surface area (Å²) in [6, 6.07) is 6.74. The quantitative estimate of drug-likeness (QED) is 0.613. The minimum absolute atomic E-state index is 0.0466. The molecule has 1 aromatic carbocycles. The van der Waals surface area contributed by atoms with Crippen LogP contribution in [-0.2, 0) is 11.3 Å². The predicted octanol–water partition coefficient (Wildman–Crippen LogP) is 2.38. The average Bonchev–Trinajstić information content (AvgIpc) is 3.29. The Labute approximate surface area is 151 Å². The maximum absolute atomic E-state index is 13.0. The molecule has 0 radical (unpaired) electrons. The number of benzene rings is 1. The lowest BCUT2D eigenvalue weighted by molar-refractivity contribution is -0.115. The molecule has 0 atom stereocenters. The van der Waals surface area contributed by atoms with Crippen molar-refractivity contribution < 1.29 is 18.5 Å². The molecule has 0 unspecified atom stereocenters. The molecule has 3 rings (SSSR count). The number of urea groups is 1. The summed E-state index contributed by atoms with van der Waals surface area (Å²) in [5.41, 5.74) is 1.12. The van der Waals surface area contributed by atoms with Crippen LogP contribution >= 0.6 is 11.3 Å². The largest absolute Gasteiger partial charge is 0.334 e. The van der Waals surface area contributed by atoms with Crippen LogP contribution in [0.3, 0.4) is 0 Å². The van der Waals surface area contributed by atoms with Gasteiger partial charge in [-0.05, 0) is 29.6 Å². The van der Waals surface area contributed by atoms with Gasteiger partial charge in [-0.3, -0.25) is 4.79 Å². The number of rotatable bonds is 6. The van der Waals surface area contributed by atoms with E-state index in [-0.39, 0.29) is 13.1 Å². The Morgan fingerprint density at radius 2 is 2.12 bits per heavy atom. The zero-order chi connectivity index (χ0) is 18.4. The average molecular weight is 375 g/mol. The van der Waals surface area contributed by atoms with E-state index in [2.05, 4.69) is 26.1 Å². The number of halogens is 1. The fourth-order valence-electron chi connectivity index (χ4n) is 1.98. The third-order valence-electron chi connectivity index (χ3n) is 3.16. The second-order valence-electron chi connectivity index (χ2n) is 5.12. The molecule has 26 heavy (non-hydrogen) atoms. The highest BCUT2D eigenvalue weighted by Crippen LogP contribution is 2.19. The minimum atomic E-state index is -0.568. The zero-order valence-electron chi connectivity index (χ0n) is 13.4. The topological polar surface area (TPSA) is 109 Å². The van der Waals surface area contributed by atoms with Crippen molar-refractivity contribution in [3.05, 3.63) is 52.7 Å². The van der Waals surface area contributed by atoms with Gasteiger partial charge in [0.1, 0.15) is 5.82 Å². The van der Waals surface area contributed by atoms with Crippen molar-refractivity contribution in [2.75, 3.05) is 11.9 Å². The summed E-state index contributed by atoms with van der Waals surface area (Å²) >= 11 is 1.51. The highest BCUT2D eigenvalue weighted by atomic mass is 32.1. The minimum Gasteiger partial charge on any atom is -0.334 e. The number of hydrogen-bond acceptors (Lipinski definition) is 6. The molecule has 2 heterocycles. The molecule has 0 aliphatic rings. The maximum Gasteiger partial charge on any atom is 0.315 e. The van der Waals surface area contributed by atoms with E-state index in [1.807, 2.05) is 16.8 Å². The van der Waals surface area contributed by atoms with Crippen molar-refractivity contribution in [1.29, 1.82) is 0 Å². The van der Waals surface area contributed by atoms with Crippen LogP contribution in [0.4, 0.5) is 14.9 Å². The predicted molar refractivity (Wildman–Crippen MR) is 92.9 cm³/mol. The molecule has 3 amide bonds. The van der Waals surface area contributed by atoms with Crippen molar-refractivity contribution in [2.24, 2.45) is 0 Å². The van der Waals surface area contributed by atoms with Gasteiger partial charge < -0.3 is 20.5 Å². The first kappa shape index (κ1) is 17.5. The smallest absolute Gasteiger partial charge is 0.315 e. The third kappa shape index (κ3) is 4.86. The molecule has 0 aliphatic carbocycles. The number of hydrogen-bond donors (Lipinski definition) is 3. The molecule has 0 aliphatic heterocycles. The molecule has 3 aromatic rings. The molecule has 2 aromatic heterocycles. The van der Waals surface area contributed by atoms with E-state index in [1.54, 1.807) is 6.07 Å². The molecule has 0 bridgehead atoms. The molecule has 0 saturated heterocycles. The number of nitrogens with one attached hydrogen (secondary N) is 3. The first-order valence-electron chi connectivity index (χ1n) is 7.52. The summed E-state index contributed by atoms with van der Waals surface area (Å²) in [6.07, 6.45) is 0. The van der Waals surface area contributed by atoms with Crippen LogP contribution in [0.2, 0.25) is 0 Å². The van der Waals surface area contributed by atoms with Gasteiger partial charge in [0.15, 0.2) is 5.82 Å². The molecular weight excluding hydrogens is 361 g/mol. The number of amides is 3. The van der Waals surface area contributed by atoms with Gasteiger partial charge >= 0.3 is 6.03 Å². The first-order chi connectivity index (χ1) is 12.6. The monoisotopic (exact) mass is 375 g/mol. The second-order valence-corrected chi connectivity index (χ2v) is 5.90. The Hall–Kier alpha value is -3.27. The van der Waals surface area contributed by atoms with E-state index in [0.29, 0.717) is 17.4 Å². The van der Waals surface area contributed by atoms with Crippen LogP contribution < -0.4 is 16.0 Å².